The van der Waals surface area contributed by atoms with Gasteiger partial charge in [-0.25, -0.2) is 8.42 Å². The van der Waals surface area contributed by atoms with E-state index >= 15 is 0 Å². The maximum atomic E-state index is 12.7. The lowest BCUT2D eigenvalue weighted by Crippen LogP contribution is -2.22. The zero-order valence-corrected chi connectivity index (χ0v) is 16.2. The van der Waals surface area contributed by atoms with Crippen LogP contribution in [0.1, 0.15) is 19.4 Å². The molecular weight excluding hydrogens is 364 g/mol. The van der Waals surface area contributed by atoms with Crippen LogP contribution in [-0.2, 0) is 9.84 Å². The first kappa shape index (κ1) is 18.8. The van der Waals surface area contributed by atoms with Gasteiger partial charge in [-0.2, -0.15) is 5.26 Å². The lowest BCUT2D eigenvalue weighted by Gasteiger charge is -2.29. The number of fused-ring (bicyclic) bond motifs is 1. The lowest BCUT2D eigenvalue weighted by atomic mass is 10.1. The fraction of sp³-hybridized carbons (Fsp3) is 0.250. The summed E-state index contributed by atoms with van der Waals surface area (Å²) in [5, 5.41) is 9.40. The van der Waals surface area contributed by atoms with E-state index in [1.165, 1.54) is 12.3 Å². The minimum atomic E-state index is -3.85. The number of aryl methyl sites for hydroxylation is 1. The average Bonchev–Trinajstić information content (AvgIpc) is 2.63. The molecule has 0 spiro atoms. The van der Waals surface area contributed by atoms with Crippen LogP contribution in [0.15, 0.2) is 52.4 Å². The van der Waals surface area contributed by atoms with Gasteiger partial charge in [0.1, 0.15) is 17.6 Å². The summed E-state index contributed by atoms with van der Waals surface area (Å²) in [6.07, 6.45) is 1.34. The summed E-state index contributed by atoms with van der Waals surface area (Å²) in [7, 11) is -3.85. The minimum Gasteiger partial charge on any atom is -0.494 e. The summed E-state index contributed by atoms with van der Waals surface area (Å²) < 4.78 is 36.8. The Morgan fingerprint density at radius 2 is 1.78 bits per heavy atom. The standard InChI is InChI=1S/C20H20N2O4S/c1-4-25-15-7-8-19(26-5-2)17(11-15)22-13-16(12-21)27(23,24)20-9-6-14(3)10-18(20)22/h6-11,13H,4-5H2,1-3H3. The van der Waals surface area contributed by atoms with Crippen LogP contribution in [0.4, 0.5) is 11.4 Å². The number of sulfone groups is 1. The number of hydrogen-bond donors (Lipinski definition) is 0. The van der Waals surface area contributed by atoms with Gasteiger partial charge in [0.15, 0.2) is 4.91 Å². The number of nitrogens with zero attached hydrogens (tertiary/aromatic N) is 2. The van der Waals surface area contributed by atoms with Gasteiger partial charge >= 0.3 is 0 Å². The summed E-state index contributed by atoms with van der Waals surface area (Å²) in [6.45, 7) is 6.58. The Labute approximate surface area is 159 Å². The van der Waals surface area contributed by atoms with Crippen molar-refractivity contribution < 1.29 is 17.9 Å². The van der Waals surface area contributed by atoms with Gasteiger partial charge in [-0.3, -0.25) is 0 Å². The molecule has 1 aliphatic rings. The van der Waals surface area contributed by atoms with E-state index in [0.717, 1.165) is 5.56 Å². The molecule has 0 N–H and O–H groups in total. The normalized spacial score (nSPS) is 14.7. The Bertz CT molecular complexity index is 1050. The van der Waals surface area contributed by atoms with Gasteiger partial charge in [0, 0.05) is 12.3 Å². The quantitative estimate of drug-likeness (QED) is 0.773. The van der Waals surface area contributed by atoms with Crippen LogP contribution < -0.4 is 14.4 Å². The van der Waals surface area contributed by atoms with E-state index in [4.69, 9.17) is 9.47 Å². The van der Waals surface area contributed by atoms with Crippen LogP contribution in [0.3, 0.4) is 0 Å². The molecule has 6 nitrogen and oxygen atoms in total. The molecule has 27 heavy (non-hydrogen) atoms. The fourth-order valence-electron chi connectivity index (χ4n) is 2.93. The topological polar surface area (TPSA) is 79.6 Å². The first-order chi connectivity index (χ1) is 12.9. The third-order valence-electron chi connectivity index (χ3n) is 4.11. The lowest BCUT2D eigenvalue weighted by molar-refractivity contribution is 0.331. The van der Waals surface area contributed by atoms with Gasteiger partial charge < -0.3 is 14.4 Å². The van der Waals surface area contributed by atoms with Crippen molar-refractivity contribution >= 4 is 21.2 Å². The van der Waals surface area contributed by atoms with Crippen molar-refractivity contribution in [2.24, 2.45) is 0 Å². The number of nitriles is 1. The summed E-state index contributed by atoms with van der Waals surface area (Å²) >= 11 is 0. The van der Waals surface area contributed by atoms with Crippen LogP contribution in [-0.4, -0.2) is 21.6 Å². The second-order valence-corrected chi connectivity index (χ2v) is 7.83. The number of ether oxygens (including phenoxy) is 2. The highest BCUT2D eigenvalue weighted by molar-refractivity contribution is 7.95. The van der Waals surface area contributed by atoms with Gasteiger partial charge in [0.05, 0.1) is 29.5 Å². The van der Waals surface area contributed by atoms with Gasteiger partial charge in [0.25, 0.3) is 0 Å². The number of hydrogen-bond acceptors (Lipinski definition) is 6. The minimum absolute atomic E-state index is 0.0939. The largest absolute Gasteiger partial charge is 0.494 e. The maximum absolute atomic E-state index is 12.7. The van der Waals surface area contributed by atoms with Gasteiger partial charge in [0.2, 0.25) is 9.84 Å². The molecule has 0 aliphatic carbocycles. The monoisotopic (exact) mass is 384 g/mol. The Morgan fingerprint density at radius 3 is 2.44 bits per heavy atom. The molecule has 0 aromatic heterocycles. The summed E-state index contributed by atoms with van der Waals surface area (Å²) in [5.41, 5.74) is 1.99. The maximum Gasteiger partial charge on any atom is 0.220 e. The fourth-order valence-corrected chi connectivity index (χ4v) is 4.21. The predicted octanol–water partition coefficient (Wildman–Crippen LogP) is 4.08. The van der Waals surface area contributed by atoms with Crippen LogP contribution in [0, 0.1) is 18.3 Å². The van der Waals surface area contributed by atoms with Crippen molar-refractivity contribution in [3.8, 4) is 17.6 Å². The molecule has 0 bridgehead atoms. The highest BCUT2D eigenvalue weighted by atomic mass is 32.2. The van der Waals surface area contributed by atoms with E-state index in [1.807, 2.05) is 20.8 Å². The van der Waals surface area contributed by atoms with Gasteiger partial charge in [-0.05, 0) is 50.6 Å². The van der Waals surface area contributed by atoms with E-state index < -0.39 is 9.84 Å². The molecule has 0 radical (unpaired) electrons. The van der Waals surface area contributed by atoms with Crippen molar-refractivity contribution in [2.75, 3.05) is 18.1 Å². The van der Waals surface area contributed by atoms with Crippen LogP contribution >= 0.6 is 0 Å². The Balaban J connectivity index is 2.29. The van der Waals surface area contributed by atoms with Crippen molar-refractivity contribution in [2.45, 2.75) is 25.7 Å². The first-order valence-corrected chi connectivity index (χ1v) is 10.1. The van der Waals surface area contributed by atoms with Crippen LogP contribution in [0.5, 0.6) is 11.5 Å². The first-order valence-electron chi connectivity index (χ1n) is 8.59. The third-order valence-corrected chi connectivity index (χ3v) is 5.81. The molecule has 0 amide bonds. The molecule has 0 saturated carbocycles. The molecule has 0 saturated heterocycles. The molecule has 3 rings (SSSR count). The number of allylic oxidation sites excluding steroid dienone is 1. The highest BCUT2D eigenvalue weighted by Crippen LogP contribution is 2.44. The smallest absolute Gasteiger partial charge is 0.220 e. The molecule has 1 aliphatic heterocycles. The molecule has 0 fully saturated rings. The van der Waals surface area contributed by atoms with Crippen molar-refractivity contribution in [1.29, 1.82) is 5.26 Å². The average molecular weight is 384 g/mol. The van der Waals surface area contributed by atoms with E-state index in [1.54, 1.807) is 41.3 Å². The summed E-state index contributed by atoms with van der Waals surface area (Å²) in [5.74, 6) is 1.20. The van der Waals surface area contributed by atoms with Gasteiger partial charge in [-0.1, -0.05) is 6.07 Å². The highest BCUT2D eigenvalue weighted by Gasteiger charge is 2.33. The molecular formula is C20H20N2O4S. The third kappa shape index (κ3) is 3.36. The van der Waals surface area contributed by atoms with E-state index in [0.29, 0.717) is 36.1 Å². The van der Waals surface area contributed by atoms with Crippen molar-refractivity contribution in [3.63, 3.8) is 0 Å². The van der Waals surface area contributed by atoms with Crippen LogP contribution in [0.2, 0.25) is 0 Å². The predicted molar refractivity (Wildman–Crippen MR) is 103 cm³/mol. The Morgan fingerprint density at radius 1 is 1.04 bits per heavy atom. The number of benzene rings is 2. The molecule has 7 heteroatoms. The van der Waals surface area contributed by atoms with Gasteiger partial charge in [-0.15, -0.1) is 0 Å². The number of anilines is 2. The SMILES string of the molecule is CCOc1ccc(OCC)c(N2C=C(C#N)S(=O)(=O)c3ccc(C)cc32)c1. The zero-order chi connectivity index (χ0) is 19.6. The van der Waals surface area contributed by atoms with Crippen molar-refractivity contribution in [3.05, 3.63) is 53.1 Å². The molecule has 1 heterocycles. The van der Waals surface area contributed by atoms with E-state index in [-0.39, 0.29) is 9.80 Å². The second-order valence-electron chi connectivity index (χ2n) is 5.95. The summed E-state index contributed by atoms with van der Waals surface area (Å²) in [6, 6.07) is 12.2. The second kappa shape index (κ2) is 7.33. The molecule has 0 unspecified atom stereocenters. The number of rotatable bonds is 5. The van der Waals surface area contributed by atoms with E-state index in [9.17, 15) is 13.7 Å². The Hall–Kier alpha value is -2.98. The summed E-state index contributed by atoms with van der Waals surface area (Å²) in [4.78, 5) is 1.45. The molecule has 140 valence electrons. The van der Waals surface area contributed by atoms with Crippen molar-refractivity contribution in [1.82, 2.24) is 0 Å². The molecule has 0 atom stereocenters. The zero-order valence-electron chi connectivity index (χ0n) is 15.4. The molecule has 2 aromatic carbocycles. The van der Waals surface area contributed by atoms with Crippen LogP contribution in [0.25, 0.3) is 0 Å². The molecule has 2 aromatic rings. The Kier molecular flexibility index (Phi) is 5.10. The van der Waals surface area contributed by atoms with E-state index in [2.05, 4.69) is 0 Å².